The smallest absolute Gasteiger partial charge is 0.274 e. The number of hydrogen-bond acceptors (Lipinski definition) is 4. The van der Waals surface area contributed by atoms with Gasteiger partial charge in [-0.2, -0.15) is 5.10 Å². The summed E-state index contributed by atoms with van der Waals surface area (Å²) < 4.78 is 6.82. The van der Waals surface area contributed by atoms with Gasteiger partial charge in [0.2, 0.25) is 0 Å². The van der Waals surface area contributed by atoms with Crippen molar-refractivity contribution in [3.63, 3.8) is 0 Å². The number of unbranched alkanes of at least 4 members (excludes halogenated alkanes) is 1. The second kappa shape index (κ2) is 7.06. The lowest BCUT2D eigenvalue weighted by Gasteiger charge is -2.15. The van der Waals surface area contributed by atoms with Crippen molar-refractivity contribution < 1.29 is 9.21 Å². The second-order valence-corrected chi connectivity index (χ2v) is 5.31. The van der Waals surface area contributed by atoms with E-state index in [0.29, 0.717) is 18.8 Å². The lowest BCUT2D eigenvalue weighted by atomic mass is 10.3. The van der Waals surface area contributed by atoms with Crippen LogP contribution in [0.25, 0.3) is 0 Å². The summed E-state index contributed by atoms with van der Waals surface area (Å²) in [7, 11) is 1.68. The lowest BCUT2D eigenvalue weighted by molar-refractivity contribution is 0.0766. The fraction of sp³-hybridized carbons (Fsp3) is 0.438. The van der Waals surface area contributed by atoms with Crippen LogP contribution in [0.5, 0.6) is 0 Å². The molecule has 6 nitrogen and oxygen atoms in total. The Hall–Kier alpha value is -2.37. The van der Waals surface area contributed by atoms with Crippen LogP contribution in [0.2, 0.25) is 0 Å². The van der Waals surface area contributed by atoms with Gasteiger partial charge in [-0.15, -0.1) is 0 Å². The van der Waals surface area contributed by atoms with Crippen molar-refractivity contribution in [2.24, 2.45) is 0 Å². The molecule has 0 aliphatic rings. The van der Waals surface area contributed by atoms with Crippen LogP contribution >= 0.6 is 0 Å². The van der Waals surface area contributed by atoms with Gasteiger partial charge in [0, 0.05) is 19.7 Å². The van der Waals surface area contributed by atoms with Crippen molar-refractivity contribution in [1.29, 1.82) is 0 Å². The average Bonchev–Trinajstić information content (AvgIpc) is 2.90. The third-order valence-corrected chi connectivity index (χ3v) is 3.34. The van der Waals surface area contributed by atoms with Crippen LogP contribution in [0.3, 0.4) is 0 Å². The van der Waals surface area contributed by atoms with E-state index in [1.165, 1.54) is 21.7 Å². The van der Waals surface area contributed by atoms with Gasteiger partial charge in [0.15, 0.2) is 0 Å². The van der Waals surface area contributed by atoms with Crippen molar-refractivity contribution in [2.75, 3.05) is 7.05 Å². The van der Waals surface area contributed by atoms with E-state index < -0.39 is 0 Å². The summed E-state index contributed by atoms with van der Waals surface area (Å²) in [5, 5.41) is 4.16. The van der Waals surface area contributed by atoms with E-state index >= 15 is 0 Å². The molecule has 1 amide bonds. The Labute approximate surface area is 129 Å². The second-order valence-electron chi connectivity index (χ2n) is 5.31. The van der Waals surface area contributed by atoms with Gasteiger partial charge in [0.1, 0.15) is 17.2 Å². The highest BCUT2D eigenvalue weighted by molar-refractivity contribution is 5.91. The Kier molecular flexibility index (Phi) is 5.14. The number of amides is 1. The molecular formula is C16H21N3O3. The van der Waals surface area contributed by atoms with Crippen LogP contribution < -0.4 is 5.56 Å². The van der Waals surface area contributed by atoms with Crippen molar-refractivity contribution >= 4 is 5.91 Å². The Morgan fingerprint density at radius 3 is 2.73 bits per heavy atom. The first-order chi connectivity index (χ1) is 10.5. The molecule has 6 heteroatoms. The molecule has 0 aromatic carbocycles. The van der Waals surface area contributed by atoms with Gasteiger partial charge in [0.05, 0.1) is 6.54 Å². The first kappa shape index (κ1) is 16.0. The Morgan fingerprint density at radius 2 is 2.09 bits per heavy atom. The van der Waals surface area contributed by atoms with Crippen LogP contribution in [-0.4, -0.2) is 27.6 Å². The number of aryl methyl sites for hydroxylation is 2. The monoisotopic (exact) mass is 303 g/mol. The Bertz CT molecular complexity index is 703. The largest absolute Gasteiger partial charge is 0.464 e. The lowest BCUT2D eigenvalue weighted by Crippen LogP contribution is -2.30. The summed E-state index contributed by atoms with van der Waals surface area (Å²) >= 11 is 0. The number of nitrogens with zero attached hydrogens (tertiary/aromatic N) is 3. The number of hydrogen-bond donors (Lipinski definition) is 0. The predicted octanol–water partition coefficient (Wildman–Crippen LogP) is 2.22. The topological polar surface area (TPSA) is 68.3 Å². The minimum absolute atomic E-state index is 0.186. The molecule has 0 aliphatic heterocycles. The number of carbonyl (C=O) groups excluding carboxylic acids is 1. The molecule has 2 rings (SSSR count). The molecule has 0 atom stereocenters. The SMILES string of the molecule is CCCCn1nc(C(=O)N(C)Cc2ccc(C)o2)ccc1=O. The molecule has 0 spiro atoms. The molecular weight excluding hydrogens is 282 g/mol. The highest BCUT2D eigenvalue weighted by Gasteiger charge is 2.16. The Balaban J connectivity index is 2.12. The van der Waals surface area contributed by atoms with E-state index in [0.717, 1.165) is 18.6 Å². The van der Waals surface area contributed by atoms with Crippen molar-refractivity contribution in [2.45, 2.75) is 39.8 Å². The normalized spacial score (nSPS) is 10.7. The van der Waals surface area contributed by atoms with E-state index in [9.17, 15) is 9.59 Å². The highest BCUT2D eigenvalue weighted by atomic mass is 16.3. The summed E-state index contributed by atoms with van der Waals surface area (Å²) in [4.78, 5) is 25.6. The first-order valence-electron chi connectivity index (χ1n) is 7.40. The molecule has 0 unspecified atom stereocenters. The molecule has 0 saturated heterocycles. The molecule has 0 radical (unpaired) electrons. The van der Waals surface area contributed by atoms with Gasteiger partial charge < -0.3 is 9.32 Å². The molecule has 118 valence electrons. The maximum atomic E-state index is 12.4. The fourth-order valence-corrected chi connectivity index (χ4v) is 2.10. The maximum Gasteiger partial charge on any atom is 0.274 e. The average molecular weight is 303 g/mol. The van der Waals surface area contributed by atoms with Gasteiger partial charge in [0.25, 0.3) is 11.5 Å². The van der Waals surface area contributed by atoms with Crippen LogP contribution in [0.4, 0.5) is 0 Å². The number of aromatic nitrogens is 2. The number of carbonyl (C=O) groups is 1. The Morgan fingerprint density at radius 1 is 1.32 bits per heavy atom. The summed E-state index contributed by atoms with van der Waals surface area (Å²) in [5.41, 5.74) is 0.0794. The summed E-state index contributed by atoms with van der Waals surface area (Å²) in [6, 6.07) is 6.56. The highest BCUT2D eigenvalue weighted by Crippen LogP contribution is 2.10. The molecule has 2 aromatic heterocycles. The van der Waals surface area contributed by atoms with Crippen LogP contribution in [-0.2, 0) is 13.1 Å². The van der Waals surface area contributed by atoms with E-state index in [2.05, 4.69) is 5.10 Å². The van der Waals surface area contributed by atoms with Crippen molar-refractivity contribution in [3.05, 3.63) is 51.8 Å². The van der Waals surface area contributed by atoms with E-state index in [4.69, 9.17) is 4.42 Å². The minimum Gasteiger partial charge on any atom is -0.464 e. The zero-order chi connectivity index (χ0) is 16.1. The van der Waals surface area contributed by atoms with Gasteiger partial charge in [-0.05, 0) is 31.5 Å². The van der Waals surface area contributed by atoms with Gasteiger partial charge in [-0.1, -0.05) is 13.3 Å². The van der Waals surface area contributed by atoms with E-state index in [-0.39, 0.29) is 17.2 Å². The van der Waals surface area contributed by atoms with Crippen molar-refractivity contribution in [1.82, 2.24) is 14.7 Å². The zero-order valence-electron chi connectivity index (χ0n) is 13.2. The molecule has 0 bridgehead atoms. The summed E-state index contributed by atoms with van der Waals surface area (Å²) in [6.07, 6.45) is 1.82. The molecule has 22 heavy (non-hydrogen) atoms. The minimum atomic E-state index is -0.237. The third-order valence-electron chi connectivity index (χ3n) is 3.34. The van der Waals surface area contributed by atoms with Crippen LogP contribution in [0, 0.1) is 6.92 Å². The van der Waals surface area contributed by atoms with Crippen molar-refractivity contribution in [3.8, 4) is 0 Å². The summed E-state index contributed by atoms with van der Waals surface area (Å²) in [5.74, 6) is 1.29. The molecule has 0 N–H and O–H groups in total. The molecule has 0 fully saturated rings. The first-order valence-corrected chi connectivity index (χ1v) is 7.40. The zero-order valence-corrected chi connectivity index (χ0v) is 13.2. The predicted molar refractivity (Wildman–Crippen MR) is 82.6 cm³/mol. The quantitative estimate of drug-likeness (QED) is 0.820. The number of furan rings is 1. The maximum absolute atomic E-state index is 12.4. The fourth-order valence-electron chi connectivity index (χ4n) is 2.10. The van der Waals surface area contributed by atoms with Gasteiger partial charge in [-0.25, -0.2) is 4.68 Å². The molecule has 2 aromatic rings. The van der Waals surface area contributed by atoms with E-state index in [1.54, 1.807) is 7.05 Å². The molecule has 0 aliphatic carbocycles. The van der Waals surface area contributed by atoms with Gasteiger partial charge >= 0.3 is 0 Å². The van der Waals surface area contributed by atoms with Crippen LogP contribution in [0.1, 0.15) is 41.8 Å². The van der Waals surface area contributed by atoms with E-state index in [1.807, 2.05) is 26.0 Å². The summed E-state index contributed by atoms with van der Waals surface area (Å²) in [6.45, 7) is 4.79. The van der Waals surface area contributed by atoms with Gasteiger partial charge in [-0.3, -0.25) is 9.59 Å². The van der Waals surface area contributed by atoms with Crippen LogP contribution in [0.15, 0.2) is 33.5 Å². The number of rotatable bonds is 6. The molecule has 0 saturated carbocycles. The molecule has 2 heterocycles. The third kappa shape index (κ3) is 3.84. The standard InChI is InChI=1S/C16H21N3O3/c1-4-5-10-19-15(20)9-8-14(17-19)16(21)18(3)11-13-7-6-12(2)22-13/h6-9H,4-5,10-11H2,1-3H3.